The summed E-state index contributed by atoms with van der Waals surface area (Å²) < 4.78 is 33.7. The third-order valence-corrected chi connectivity index (χ3v) is 10.6. The fourth-order valence-electron chi connectivity index (χ4n) is 7.52. The van der Waals surface area contributed by atoms with Crippen LogP contribution in [0, 0.1) is 10.8 Å². The summed E-state index contributed by atoms with van der Waals surface area (Å²) in [4.78, 5) is 30.0. The largest absolute Gasteiger partial charge is 0.474 e. The van der Waals surface area contributed by atoms with Gasteiger partial charge >= 0.3 is 0 Å². The first-order chi connectivity index (χ1) is 22.8. The molecule has 0 unspecified atom stereocenters. The number of ether oxygens (including phenoxy) is 2. The molecule has 2 aromatic carbocycles. The molecule has 2 aliphatic carbocycles. The highest BCUT2D eigenvalue weighted by molar-refractivity contribution is 6.08. The molecule has 4 heteroatoms. The Kier molecular flexibility index (Phi) is 6.31. The molecule has 4 atom stereocenters. The maximum atomic E-state index is 15.0. The molecule has 2 spiro atoms. The average Bonchev–Trinajstić information content (AvgIpc) is 3.54. The second-order valence-electron chi connectivity index (χ2n) is 18.8. The first kappa shape index (κ1) is 30.4. The smallest absolute Gasteiger partial charge is 0.207 e. The fraction of sp³-hybridized carbons (Fsp3) is 0.500. The third kappa shape index (κ3) is 5.17. The summed E-state index contributed by atoms with van der Waals surface area (Å²) in [5.74, 6) is 0.510. The Morgan fingerprint density at radius 3 is 1.19 bits per heavy atom. The van der Waals surface area contributed by atoms with Crippen molar-refractivity contribution in [3.8, 4) is 11.5 Å². The minimum atomic E-state index is -1.37. The first-order valence-electron chi connectivity index (χ1n) is 18.6. The number of benzene rings is 2. The Hall–Kier alpha value is -3.66. The molecule has 4 nitrogen and oxygen atoms in total. The van der Waals surface area contributed by atoms with Crippen LogP contribution in [0.2, 0.25) is 0 Å². The van der Waals surface area contributed by atoms with Gasteiger partial charge in [-0.2, -0.15) is 0 Å². The van der Waals surface area contributed by atoms with Crippen LogP contribution in [-0.2, 0) is 46.1 Å². The van der Waals surface area contributed by atoms with Gasteiger partial charge in [-0.15, -0.1) is 0 Å². The predicted molar refractivity (Wildman–Crippen MR) is 193 cm³/mol. The molecule has 3 heterocycles. The summed E-state index contributed by atoms with van der Waals surface area (Å²) in [5.41, 5.74) is 3.49. The van der Waals surface area contributed by atoms with E-state index in [0.29, 0.717) is 33.8 Å². The van der Waals surface area contributed by atoms with E-state index in [1.165, 1.54) is 0 Å². The molecule has 0 saturated carbocycles. The number of rotatable bonds is 0. The van der Waals surface area contributed by atoms with Crippen LogP contribution >= 0.6 is 0 Å². The van der Waals surface area contributed by atoms with Crippen molar-refractivity contribution >= 4 is 11.6 Å². The SMILES string of the molecule is [2H][C@@H]1C2=CC(C(C)(C)C)=C[C@]3(Cc4cc(C(C)(C)C)cc(c4O3)[C@@H]([2H])C3=CC(C(C)(C)C)=C[C@@]4(Cc5cc(C(C)(C)C)cc1c5O4)C3=O)C2=O. The summed E-state index contributed by atoms with van der Waals surface area (Å²) in [6, 6.07) is 8.22. The zero-order valence-corrected chi connectivity index (χ0v) is 30.8. The van der Waals surface area contributed by atoms with Gasteiger partial charge in [-0.1, -0.05) is 120 Å². The van der Waals surface area contributed by atoms with Crippen molar-refractivity contribution in [1.82, 2.24) is 0 Å². The Morgan fingerprint density at radius 2 is 0.875 bits per heavy atom. The molecule has 0 amide bonds. The van der Waals surface area contributed by atoms with E-state index in [2.05, 4.69) is 95.2 Å². The predicted octanol–water partition coefficient (Wildman–Crippen LogP) is 9.39. The molecule has 0 radical (unpaired) electrons. The van der Waals surface area contributed by atoms with Crippen LogP contribution in [0.1, 0.15) is 119 Å². The number of carbonyl (C=O) groups excluding carboxylic acids is 2. The Bertz CT molecular complexity index is 1870. The summed E-state index contributed by atoms with van der Waals surface area (Å²) in [6.07, 6.45) is 6.11. The third-order valence-electron chi connectivity index (χ3n) is 10.6. The van der Waals surface area contributed by atoms with E-state index in [-0.39, 0.29) is 46.1 Å². The Labute approximate surface area is 290 Å². The van der Waals surface area contributed by atoms with Crippen molar-refractivity contribution < 1.29 is 21.8 Å². The molecule has 6 bridgehead atoms. The van der Waals surface area contributed by atoms with E-state index < -0.39 is 24.0 Å². The van der Waals surface area contributed by atoms with Gasteiger partial charge in [0.05, 0.1) is 0 Å². The first-order valence-corrected chi connectivity index (χ1v) is 17.4. The van der Waals surface area contributed by atoms with Gasteiger partial charge in [-0.05, 0) is 78.3 Å². The number of hydrogen-bond donors (Lipinski definition) is 0. The highest BCUT2D eigenvalue weighted by Crippen LogP contribution is 2.51. The van der Waals surface area contributed by atoms with E-state index in [1.807, 2.05) is 36.4 Å². The number of ketones is 2. The zero-order valence-electron chi connectivity index (χ0n) is 32.8. The quantitative estimate of drug-likeness (QED) is 0.286. The number of allylic oxidation sites excluding steroid dienone is 4. The van der Waals surface area contributed by atoms with Crippen molar-refractivity contribution in [3.05, 3.63) is 104 Å². The normalized spacial score (nSPS) is 28.7. The number of carbonyl (C=O) groups is 2. The van der Waals surface area contributed by atoms with Crippen LogP contribution in [0.5, 0.6) is 11.5 Å². The van der Waals surface area contributed by atoms with E-state index in [1.54, 1.807) is 0 Å². The van der Waals surface area contributed by atoms with Crippen molar-refractivity contribution in [3.63, 3.8) is 0 Å². The number of hydrogen-bond acceptors (Lipinski definition) is 4. The lowest BCUT2D eigenvalue weighted by molar-refractivity contribution is -0.127. The maximum Gasteiger partial charge on any atom is 0.207 e. The molecular weight excluding hydrogens is 592 g/mol. The van der Waals surface area contributed by atoms with Gasteiger partial charge in [0.2, 0.25) is 11.6 Å². The van der Waals surface area contributed by atoms with Crippen LogP contribution in [-0.4, -0.2) is 22.8 Å². The van der Waals surface area contributed by atoms with Crippen LogP contribution in [0.4, 0.5) is 0 Å². The lowest BCUT2D eigenvalue weighted by Crippen LogP contribution is -2.46. The second kappa shape index (κ2) is 9.96. The second-order valence-corrected chi connectivity index (χ2v) is 18.8. The van der Waals surface area contributed by atoms with Gasteiger partial charge < -0.3 is 9.47 Å². The van der Waals surface area contributed by atoms with Gasteiger partial charge in [0.25, 0.3) is 0 Å². The number of Topliss-reactive ketones (excluding diaryl/α,β-unsaturated/α-hetero) is 2. The van der Waals surface area contributed by atoms with Crippen molar-refractivity contribution in [2.75, 3.05) is 0 Å². The zero-order chi connectivity index (χ0) is 36.7. The molecule has 0 saturated heterocycles. The van der Waals surface area contributed by atoms with E-state index in [0.717, 1.165) is 33.4 Å². The minimum Gasteiger partial charge on any atom is -0.474 e. The van der Waals surface area contributed by atoms with E-state index in [4.69, 9.17) is 9.47 Å². The van der Waals surface area contributed by atoms with Crippen LogP contribution in [0.15, 0.2) is 70.9 Å². The average molecular weight is 647 g/mol. The monoisotopic (exact) mass is 646 g/mol. The topological polar surface area (TPSA) is 52.6 Å². The van der Waals surface area contributed by atoms with Crippen LogP contribution in [0.25, 0.3) is 0 Å². The van der Waals surface area contributed by atoms with Gasteiger partial charge in [-0.25, -0.2) is 0 Å². The molecule has 252 valence electrons. The van der Waals surface area contributed by atoms with Gasteiger partial charge in [0.15, 0.2) is 11.2 Å². The summed E-state index contributed by atoms with van der Waals surface area (Å²) >= 11 is 0. The molecule has 48 heavy (non-hydrogen) atoms. The molecule has 2 aromatic rings. The van der Waals surface area contributed by atoms with Gasteiger partial charge in [-0.3, -0.25) is 9.59 Å². The van der Waals surface area contributed by atoms with E-state index >= 15 is 9.59 Å². The molecule has 0 fully saturated rings. The van der Waals surface area contributed by atoms with Crippen molar-refractivity contribution in [2.24, 2.45) is 10.8 Å². The fourth-order valence-corrected chi connectivity index (χ4v) is 7.52. The minimum absolute atomic E-state index is 0.239. The van der Waals surface area contributed by atoms with E-state index in [9.17, 15) is 2.74 Å². The lowest BCUT2D eigenvalue weighted by Gasteiger charge is -2.35. The summed E-state index contributed by atoms with van der Waals surface area (Å²) in [6.45, 7) is 25.5. The van der Waals surface area contributed by atoms with Gasteiger partial charge in [0.1, 0.15) is 11.5 Å². The highest BCUT2D eigenvalue weighted by Gasteiger charge is 2.53. The molecule has 0 N–H and O–H groups in total. The summed E-state index contributed by atoms with van der Waals surface area (Å²) in [5, 5.41) is 0. The van der Waals surface area contributed by atoms with Crippen molar-refractivity contribution in [1.29, 1.82) is 0 Å². The Morgan fingerprint density at radius 1 is 0.542 bits per heavy atom. The lowest BCUT2D eigenvalue weighted by atomic mass is 9.72. The molecule has 5 aliphatic rings. The number of fused-ring (bicyclic) bond motifs is 2. The standard InChI is InChI=1S/C44H52O4/c1-39(2,3)31-15-25-13-27-17-33(41(7,8)9)24-44(37(27)45)22-30-20-32(40(4,5)6)16-26(36(30)48-44)14-28-18-34(42(10,11)12)23-43(38(28)46)21-29(19-31)35(25)47-43/h15-20,23-24H,13-14,21-22H2,1-12H3/t43-,44+/i13D,14D/t13-,14+,43-,44+. The summed E-state index contributed by atoms with van der Waals surface area (Å²) in [7, 11) is 0. The molecular formula is C44H52O4. The molecule has 0 aromatic heterocycles. The molecule has 7 rings (SSSR count). The maximum absolute atomic E-state index is 15.0. The van der Waals surface area contributed by atoms with Crippen molar-refractivity contribution in [2.45, 2.75) is 131 Å². The highest BCUT2D eigenvalue weighted by atomic mass is 16.5. The Balaban J connectivity index is 1.58. The van der Waals surface area contributed by atoms with Crippen LogP contribution in [0.3, 0.4) is 0 Å². The van der Waals surface area contributed by atoms with Crippen LogP contribution < -0.4 is 9.47 Å². The van der Waals surface area contributed by atoms with Gasteiger partial charge in [0, 0.05) is 39.5 Å². The molecule has 3 aliphatic heterocycles.